The first-order valence-corrected chi connectivity index (χ1v) is 14.3. The van der Waals surface area contributed by atoms with Gasteiger partial charge in [-0.3, -0.25) is 19.0 Å². The molecule has 2 aliphatic rings. The quantitative estimate of drug-likeness (QED) is 0.271. The van der Waals surface area contributed by atoms with Crippen molar-refractivity contribution in [2.75, 3.05) is 11.5 Å². The molecule has 0 radical (unpaired) electrons. The summed E-state index contributed by atoms with van der Waals surface area (Å²) in [6.45, 7) is 8.47. The number of aromatic nitrogens is 4. The molecule has 1 aliphatic carbocycles. The van der Waals surface area contributed by atoms with Gasteiger partial charge in [-0.15, -0.1) is 0 Å². The largest absolute Gasteiger partial charge is 0.463 e. The Morgan fingerprint density at radius 3 is 2.38 bits per heavy atom. The van der Waals surface area contributed by atoms with Crippen LogP contribution in [0.15, 0.2) is 30.9 Å². The van der Waals surface area contributed by atoms with Gasteiger partial charge < -0.3 is 23.8 Å². The highest BCUT2D eigenvalue weighted by Crippen LogP contribution is 2.38. The molecule has 1 saturated carbocycles. The van der Waals surface area contributed by atoms with Crippen LogP contribution in [0.5, 0.6) is 0 Å². The normalized spacial score (nSPS) is 22.3. The lowest BCUT2D eigenvalue weighted by Crippen LogP contribution is -2.40. The molecule has 0 N–H and O–H groups in total. The van der Waals surface area contributed by atoms with E-state index < -0.39 is 42.4 Å². The third kappa shape index (κ3) is 6.23. The van der Waals surface area contributed by atoms with Crippen LogP contribution in [0.3, 0.4) is 0 Å². The second kappa shape index (κ2) is 12.4. The average Bonchev–Trinajstić information content (AvgIpc) is 3.68. The molecule has 1 aliphatic heterocycles. The van der Waals surface area contributed by atoms with Crippen LogP contribution in [-0.2, 0) is 39.9 Å². The molecule has 1 saturated heterocycles. The van der Waals surface area contributed by atoms with Crippen molar-refractivity contribution in [3.63, 3.8) is 0 Å². The minimum atomic E-state index is -1.04. The summed E-state index contributed by atoms with van der Waals surface area (Å²) in [4.78, 5) is 52.0. The SMILES string of the molecule is CC(=O)OC[C@H]1O[C@@H](n2cnc3c(N(Cc4cc(C)ccc4C)C4CCCC4)ncnc32)[C@H](OC(C)=O)[C@@H]1OC(C)=O. The van der Waals surface area contributed by atoms with Gasteiger partial charge in [-0.25, -0.2) is 15.0 Å². The summed E-state index contributed by atoms with van der Waals surface area (Å²) in [5.74, 6) is -0.983. The molecule has 4 atom stereocenters. The molecule has 2 aromatic heterocycles. The second-order valence-corrected chi connectivity index (χ2v) is 11.0. The number of benzene rings is 1. The van der Waals surface area contributed by atoms with Gasteiger partial charge in [0.05, 0.1) is 6.33 Å². The van der Waals surface area contributed by atoms with Gasteiger partial charge in [-0.05, 0) is 37.8 Å². The fourth-order valence-corrected chi connectivity index (χ4v) is 5.90. The maximum absolute atomic E-state index is 12.1. The molecule has 12 heteroatoms. The van der Waals surface area contributed by atoms with E-state index in [2.05, 4.69) is 41.9 Å². The van der Waals surface area contributed by atoms with Crippen LogP contribution < -0.4 is 4.90 Å². The molecule has 5 rings (SSSR count). The van der Waals surface area contributed by atoms with Crippen molar-refractivity contribution in [3.8, 4) is 0 Å². The highest BCUT2D eigenvalue weighted by molar-refractivity contribution is 5.83. The Kier molecular flexibility index (Phi) is 8.72. The van der Waals surface area contributed by atoms with Crippen molar-refractivity contribution >= 4 is 34.9 Å². The molecule has 0 amide bonds. The first-order valence-electron chi connectivity index (χ1n) is 14.3. The molecule has 0 unspecified atom stereocenters. The standard InChI is InChI=1S/C30H37N5O7/c1-17-10-11-18(2)22(12-17)13-34(23-8-6-7-9-23)28-25-29(32-15-31-28)35(16-33-25)30-27(41-21(5)38)26(40-20(4)37)24(42-30)14-39-19(3)36/h10-12,15-16,23-24,26-27,30H,6-9,13-14H2,1-5H3/t24-,26-,27-,30-/m1/s1. The maximum atomic E-state index is 12.1. The van der Waals surface area contributed by atoms with E-state index in [4.69, 9.17) is 28.9 Å². The fraction of sp³-hybridized carbons (Fsp3) is 0.533. The number of fused-ring (bicyclic) bond motifs is 1. The summed E-state index contributed by atoms with van der Waals surface area (Å²) < 4.78 is 24.2. The molecule has 0 bridgehead atoms. The number of esters is 3. The van der Waals surface area contributed by atoms with Crippen LogP contribution in [-0.4, -0.2) is 68.4 Å². The van der Waals surface area contributed by atoms with Crippen LogP contribution in [0.4, 0.5) is 5.82 Å². The number of hydrogen-bond acceptors (Lipinski definition) is 11. The summed E-state index contributed by atoms with van der Waals surface area (Å²) in [7, 11) is 0. The van der Waals surface area contributed by atoms with Crippen molar-refractivity contribution in [3.05, 3.63) is 47.5 Å². The molecule has 3 aromatic rings. The number of nitrogens with zero attached hydrogens (tertiary/aromatic N) is 5. The maximum Gasteiger partial charge on any atom is 0.303 e. The van der Waals surface area contributed by atoms with Gasteiger partial charge in [-0.2, -0.15) is 0 Å². The lowest BCUT2D eigenvalue weighted by atomic mass is 10.0. The smallest absolute Gasteiger partial charge is 0.303 e. The molecular formula is C30H37N5O7. The van der Waals surface area contributed by atoms with Crippen LogP contribution in [0.1, 0.15) is 69.4 Å². The van der Waals surface area contributed by atoms with Crippen molar-refractivity contribution in [1.29, 1.82) is 0 Å². The van der Waals surface area contributed by atoms with Gasteiger partial charge >= 0.3 is 17.9 Å². The van der Waals surface area contributed by atoms with Crippen LogP contribution in [0.2, 0.25) is 0 Å². The number of aryl methyl sites for hydroxylation is 2. The van der Waals surface area contributed by atoms with E-state index in [1.165, 1.54) is 43.8 Å². The van der Waals surface area contributed by atoms with E-state index in [0.29, 0.717) is 29.6 Å². The Balaban J connectivity index is 1.55. The summed E-state index contributed by atoms with van der Waals surface area (Å²) in [5.41, 5.74) is 4.67. The summed E-state index contributed by atoms with van der Waals surface area (Å²) in [6.07, 6.45) is 3.58. The van der Waals surface area contributed by atoms with Gasteiger partial charge in [0.1, 0.15) is 19.0 Å². The van der Waals surface area contributed by atoms with Crippen molar-refractivity contribution in [1.82, 2.24) is 19.5 Å². The first-order chi connectivity index (χ1) is 20.1. The summed E-state index contributed by atoms with van der Waals surface area (Å²) in [6, 6.07) is 6.76. The number of hydrogen-bond donors (Lipinski definition) is 0. The Labute approximate surface area is 244 Å². The molecule has 0 spiro atoms. The Morgan fingerprint density at radius 1 is 0.976 bits per heavy atom. The number of carbonyl (C=O) groups excluding carboxylic acids is 3. The molecule has 2 fully saturated rings. The van der Waals surface area contributed by atoms with Crippen molar-refractivity contribution in [2.45, 2.75) is 97.4 Å². The van der Waals surface area contributed by atoms with E-state index in [9.17, 15) is 14.4 Å². The third-order valence-corrected chi connectivity index (χ3v) is 7.84. The molecule has 1 aromatic carbocycles. The zero-order valence-corrected chi connectivity index (χ0v) is 24.6. The predicted molar refractivity (Wildman–Crippen MR) is 151 cm³/mol. The Hall–Kier alpha value is -4.06. The second-order valence-electron chi connectivity index (χ2n) is 11.0. The Morgan fingerprint density at radius 2 is 1.69 bits per heavy atom. The first kappa shape index (κ1) is 29.4. The molecular weight excluding hydrogens is 542 g/mol. The van der Waals surface area contributed by atoms with Gasteiger partial charge in [0, 0.05) is 33.4 Å². The van der Waals surface area contributed by atoms with Gasteiger partial charge in [0.15, 0.2) is 35.4 Å². The molecule has 12 nitrogen and oxygen atoms in total. The lowest BCUT2D eigenvalue weighted by molar-refractivity contribution is -0.166. The van der Waals surface area contributed by atoms with Crippen molar-refractivity contribution < 1.29 is 33.3 Å². The zero-order valence-electron chi connectivity index (χ0n) is 24.6. The number of rotatable bonds is 9. The topological polar surface area (TPSA) is 135 Å². The predicted octanol–water partition coefficient (Wildman–Crippen LogP) is 3.72. The minimum absolute atomic E-state index is 0.195. The van der Waals surface area contributed by atoms with Gasteiger partial charge in [-0.1, -0.05) is 36.6 Å². The number of anilines is 1. The monoisotopic (exact) mass is 579 g/mol. The van der Waals surface area contributed by atoms with E-state index in [1.54, 1.807) is 10.9 Å². The number of imidazole rings is 1. The van der Waals surface area contributed by atoms with E-state index in [-0.39, 0.29) is 6.61 Å². The van der Waals surface area contributed by atoms with E-state index in [1.807, 2.05) is 0 Å². The van der Waals surface area contributed by atoms with E-state index in [0.717, 1.165) is 25.7 Å². The fourth-order valence-electron chi connectivity index (χ4n) is 5.90. The van der Waals surface area contributed by atoms with Crippen LogP contribution in [0.25, 0.3) is 11.2 Å². The summed E-state index contributed by atoms with van der Waals surface area (Å²) in [5, 5.41) is 0. The van der Waals surface area contributed by atoms with Gasteiger partial charge in [0.2, 0.25) is 0 Å². The Bertz CT molecular complexity index is 1470. The van der Waals surface area contributed by atoms with Crippen LogP contribution in [0, 0.1) is 13.8 Å². The van der Waals surface area contributed by atoms with Crippen molar-refractivity contribution in [2.24, 2.45) is 0 Å². The van der Waals surface area contributed by atoms with Gasteiger partial charge in [0.25, 0.3) is 0 Å². The van der Waals surface area contributed by atoms with Crippen LogP contribution >= 0.6 is 0 Å². The zero-order chi connectivity index (χ0) is 30.0. The molecule has 42 heavy (non-hydrogen) atoms. The highest BCUT2D eigenvalue weighted by Gasteiger charge is 2.51. The molecule has 224 valence electrons. The number of ether oxygens (including phenoxy) is 4. The average molecular weight is 580 g/mol. The number of carbonyl (C=O) groups is 3. The molecule has 3 heterocycles. The lowest BCUT2D eigenvalue weighted by Gasteiger charge is -2.31. The minimum Gasteiger partial charge on any atom is -0.463 e. The third-order valence-electron chi connectivity index (χ3n) is 7.84. The highest BCUT2D eigenvalue weighted by atomic mass is 16.7. The summed E-state index contributed by atoms with van der Waals surface area (Å²) >= 11 is 0. The van der Waals surface area contributed by atoms with E-state index >= 15 is 0 Å².